The van der Waals surface area contributed by atoms with Gasteiger partial charge in [-0.25, -0.2) is 0 Å². The average molecular weight is 388 g/mol. The van der Waals surface area contributed by atoms with E-state index in [-0.39, 0.29) is 5.78 Å². The van der Waals surface area contributed by atoms with Gasteiger partial charge in [0.15, 0.2) is 17.3 Å². The molecule has 1 unspecified atom stereocenters. The zero-order valence-corrected chi connectivity index (χ0v) is 16.1. The van der Waals surface area contributed by atoms with Crippen molar-refractivity contribution >= 4 is 23.0 Å². The van der Waals surface area contributed by atoms with Crippen LogP contribution in [0.2, 0.25) is 5.02 Å². The molecular weight excluding hydrogens is 366 g/mol. The minimum Gasteiger partial charge on any atom is -0.493 e. The second-order valence-electron chi connectivity index (χ2n) is 6.07. The van der Waals surface area contributed by atoms with Gasteiger partial charge in [-0.15, -0.1) is 0 Å². The fourth-order valence-corrected chi connectivity index (χ4v) is 3.22. The molecule has 1 atom stereocenters. The minimum absolute atomic E-state index is 0.105. The smallest absolute Gasteiger partial charge is 0.186 e. The van der Waals surface area contributed by atoms with Gasteiger partial charge in [0.25, 0.3) is 0 Å². The summed E-state index contributed by atoms with van der Waals surface area (Å²) in [5.41, 5.74) is 2.28. The van der Waals surface area contributed by atoms with Crippen LogP contribution >= 0.6 is 11.6 Å². The van der Waals surface area contributed by atoms with Crippen molar-refractivity contribution in [3.63, 3.8) is 0 Å². The lowest BCUT2D eigenvalue weighted by Crippen LogP contribution is -2.42. The molecule has 0 radical (unpaired) electrons. The van der Waals surface area contributed by atoms with E-state index in [4.69, 9.17) is 25.8 Å². The summed E-state index contributed by atoms with van der Waals surface area (Å²) in [6.07, 6.45) is 1.09. The number of nitrogens with one attached hydrogen (secondary N) is 1. The van der Waals surface area contributed by atoms with Crippen molar-refractivity contribution in [1.82, 2.24) is 5.32 Å². The van der Waals surface area contributed by atoms with E-state index in [1.54, 1.807) is 26.4 Å². The fourth-order valence-electron chi connectivity index (χ4n) is 2.98. The highest BCUT2D eigenvalue weighted by atomic mass is 35.5. The van der Waals surface area contributed by atoms with Gasteiger partial charge in [0.05, 0.1) is 20.8 Å². The highest BCUT2D eigenvalue weighted by molar-refractivity contribution is 6.32. The topological polar surface area (TPSA) is 56.8 Å². The molecule has 1 saturated heterocycles. The van der Waals surface area contributed by atoms with Crippen LogP contribution in [0.25, 0.3) is 5.57 Å². The van der Waals surface area contributed by atoms with Crippen LogP contribution < -0.4 is 14.8 Å². The number of ether oxygens (including phenoxy) is 3. The van der Waals surface area contributed by atoms with Gasteiger partial charge < -0.3 is 19.5 Å². The summed E-state index contributed by atoms with van der Waals surface area (Å²) in [7, 11) is 3.16. The minimum atomic E-state index is -0.503. The van der Waals surface area contributed by atoms with Gasteiger partial charge in [-0.05, 0) is 35.4 Å². The Morgan fingerprint density at radius 2 is 1.96 bits per heavy atom. The molecule has 0 amide bonds. The molecule has 0 aliphatic carbocycles. The predicted molar refractivity (Wildman–Crippen MR) is 106 cm³/mol. The van der Waals surface area contributed by atoms with Gasteiger partial charge in [0, 0.05) is 23.7 Å². The average Bonchev–Trinajstić information content (AvgIpc) is 2.72. The zero-order chi connectivity index (χ0) is 19.2. The molecule has 1 aliphatic heterocycles. The van der Waals surface area contributed by atoms with E-state index in [1.807, 2.05) is 36.4 Å². The molecule has 6 heteroatoms. The molecule has 3 rings (SSSR count). The summed E-state index contributed by atoms with van der Waals surface area (Å²) in [4.78, 5) is 12.8. The summed E-state index contributed by atoms with van der Waals surface area (Å²) < 4.78 is 16.3. The van der Waals surface area contributed by atoms with Crippen LogP contribution in [0.15, 0.2) is 48.5 Å². The quantitative estimate of drug-likeness (QED) is 0.770. The first-order chi connectivity index (χ1) is 13.1. The van der Waals surface area contributed by atoms with Crippen LogP contribution in [0.3, 0.4) is 0 Å². The van der Waals surface area contributed by atoms with Gasteiger partial charge in [-0.1, -0.05) is 35.9 Å². The van der Waals surface area contributed by atoms with Crippen molar-refractivity contribution in [3.8, 4) is 11.5 Å². The Morgan fingerprint density at radius 1 is 1.19 bits per heavy atom. The molecule has 0 spiro atoms. The van der Waals surface area contributed by atoms with Gasteiger partial charge >= 0.3 is 0 Å². The number of ketones is 1. The molecule has 1 aliphatic rings. The molecular formula is C21H22ClNO4. The maximum absolute atomic E-state index is 12.8. The van der Waals surface area contributed by atoms with E-state index in [1.165, 1.54) is 0 Å². The highest BCUT2D eigenvalue weighted by Crippen LogP contribution is 2.35. The molecule has 2 aromatic rings. The van der Waals surface area contributed by atoms with Gasteiger partial charge in [0.1, 0.15) is 6.10 Å². The van der Waals surface area contributed by atoms with Crippen molar-refractivity contribution in [1.29, 1.82) is 0 Å². The lowest BCUT2D eigenvalue weighted by molar-refractivity contribution is -0.126. The third-order valence-corrected chi connectivity index (χ3v) is 4.72. The number of carbonyl (C=O) groups excluding carboxylic acids is 1. The number of rotatable bonds is 6. The first-order valence-electron chi connectivity index (χ1n) is 8.69. The first-order valence-corrected chi connectivity index (χ1v) is 9.07. The number of halogens is 1. The third kappa shape index (κ3) is 4.50. The van der Waals surface area contributed by atoms with Crippen molar-refractivity contribution < 1.29 is 19.0 Å². The van der Waals surface area contributed by atoms with E-state index in [9.17, 15) is 4.79 Å². The number of hydrogen-bond acceptors (Lipinski definition) is 5. The van der Waals surface area contributed by atoms with E-state index in [2.05, 4.69) is 5.32 Å². The number of carbonyl (C=O) groups is 1. The molecule has 27 heavy (non-hydrogen) atoms. The van der Waals surface area contributed by atoms with Crippen LogP contribution in [-0.2, 0) is 9.53 Å². The maximum Gasteiger partial charge on any atom is 0.186 e. The molecule has 1 N–H and O–H groups in total. The highest BCUT2D eigenvalue weighted by Gasteiger charge is 2.22. The lowest BCUT2D eigenvalue weighted by Gasteiger charge is -2.22. The molecule has 0 aromatic heterocycles. The Hall–Kier alpha value is -2.34. The number of methoxy groups -OCH3 is 2. The second kappa shape index (κ2) is 9.04. The molecule has 5 nitrogen and oxygen atoms in total. The number of hydrogen-bond donors (Lipinski definition) is 1. The molecule has 0 bridgehead atoms. The van der Waals surface area contributed by atoms with Gasteiger partial charge in [-0.3, -0.25) is 4.79 Å². The molecule has 1 fully saturated rings. The summed E-state index contributed by atoms with van der Waals surface area (Å²) >= 11 is 6.42. The van der Waals surface area contributed by atoms with E-state index < -0.39 is 6.10 Å². The molecule has 0 saturated carbocycles. The van der Waals surface area contributed by atoms with Crippen molar-refractivity contribution in [2.24, 2.45) is 0 Å². The maximum atomic E-state index is 12.8. The van der Waals surface area contributed by atoms with Crippen LogP contribution in [0.1, 0.15) is 11.1 Å². The zero-order valence-electron chi connectivity index (χ0n) is 15.3. The standard InChI is InChI=1S/C21H22ClNO4/c1-25-19-8-7-14(11-20(19)26-2)16(15-5-3-4-6-17(15)22)12-18(24)21-13-23-9-10-27-21/h3-8,11-12,21,23H,9-10,13H2,1-2H3/b16-12-. The Balaban J connectivity index is 2.06. The van der Waals surface area contributed by atoms with Crippen LogP contribution in [0.5, 0.6) is 11.5 Å². The molecule has 142 valence electrons. The van der Waals surface area contributed by atoms with Gasteiger partial charge in [0.2, 0.25) is 0 Å². The number of morpholine rings is 1. The Kier molecular flexibility index (Phi) is 6.50. The summed E-state index contributed by atoms with van der Waals surface area (Å²) in [5.74, 6) is 1.09. The SMILES string of the molecule is COc1ccc(/C(=C/C(=O)C2CNCCO2)c2ccccc2Cl)cc1OC. The molecule has 1 heterocycles. The summed E-state index contributed by atoms with van der Waals surface area (Å²) in [5, 5.41) is 3.74. The van der Waals surface area contributed by atoms with Crippen molar-refractivity contribution in [3.05, 3.63) is 64.7 Å². The van der Waals surface area contributed by atoms with E-state index in [0.717, 1.165) is 17.7 Å². The Labute approximate surface area is 163 Å². The Bertz CT molecular complexity index is 844. The third-order valence-electron chi connectivity index (χ3n) is 4.39. The lowest BCUT2D eigenvalue weighted by atomic mass is 9.95. The predicted octanol–water partition coefficient (Wildman–Crippen LogP) is 3.35. The van der Waals surface area contributed by atoms with E-state index >= 15 is 0 Å². The van der Waals surface area contributed by atoms with Crippen molar-refractivity contribution in [2.75, 3.05) is 33.9 Å². The van der Waals surface area contributed by atoms with Crippen LogP contribution in [0.4, 0.5) is 0 Å². The van der Waals surface area contributed by atoms with Gasteiger partial charge in [-0.2, -0.15) is 0 Å². The van der Waals surface area contributed by atoms with Crippen LogP contribution in [-0.4, -0.2) is 45.8 Å². The first kappa shape index (κ1) is 19.4. The summed E-state index contributed by atoms with van der Waals surface area (Å²) in [6.45, 7) is 1.76. The Morgan fingerprint density at radius 3 is 2.63 bits per heavy atom. The number of benzene rings is 2. The second-order valence-corrected chi connectivity index (χ2v) is 6.48. The van der Waals surface area contributed by atoms with Crippen LogP contribution in [0, 0.1) is 0 Å². The monoisotopic (exact) mass is 387 g/mol. The van der Waals surface area contributed by atoms with E-state index in [0.29, 0.717) is 35.2 Å². The van der Waals surface area contributed by atoms with Crippen molar-refractivity contribution in [2.45, 2.75) is 6.10 Å². The fraction of sp³-hybridized carbons (Fsp3) is 0.286. The largest absolute Gasteiger partial charge is 0.493 e. The normalized spacial score (nSPS) is 17.4. The summed E-state index contributed by atoms with van der Waals surface area (Å²) in [6, 6.07) is 13.0. The molecule has 2 aromatic carbocycles.